The summed E-state index contributed by atoms with van der Waals surface area (Å²) >= 11 is 0. The quantitative estimate of drug-likeness (QED) is 0.181. The van der Waals surface area contributed by atoms with E-state index >= 15 is 0 Å². The average molecular weight is 725 g/mol. The number of nitriles is 3. The molecule has 0 atom stereocenters. The molecule has 0 unspecified atom stereocenters. The zero-order valence-electron chi connectivity index (χ0n) is 30.3. The Kier molecular flexibility index (Phi) is 6.95. The van der Waals surface area contributed by atoms with Gasteiger partial charge in [-0.2, -0.15) is 15.8 Å². The fourth-order valence-corrected chi connectivity index (χ4v) is 8.93. The van der Waals surface area contributed by atoms with Gasteiger partial charge in [-0.3, -0.25) is 0 Å². The lowest BCUT2D eigenvalue weighted by atomic mass is 9.97. The van der Waals surface area contributed by atoms with E-state index in [4.69, 9.17) is 0 Å². The topological polar surface area (TPSA) is 86.2 Å². The standard InChI is InChI=1S/C51H28N6/c52-29-32-20-22-49-43(26-32)41-13-3-7-18-47(41)55(49)36-21-23-50-44(28-36)42-14-4-8-19-48(42)57(50)51-34(31-54)10-9-15-38(51)35-24-33(30-53)25-37(27-35)56-45-16-5-1-11-39(45)40-12-2-6-17-46(40)56/h1-28H. The van der Waals surface area contributed by atoms with Crippen molar-refractivity contribution in [3.63, 3.8) is 0 Å². The van der Waals surface area contributed by atoms with Gasteiger partial charge in [0.2, 0.25) is 0 Å². The maximum atomic E-state index is 10.7. The van der Waals surface area contributed by atoms with Gasteiger partial charge in [-0.15, -0.1) is 0 Å². The van der Waals surface area contributed by atoms with Crippen molar-refractivity contribution in [2.45, 2.75) is 0 Å². The van der Waals surface area contributed by atoms with Gasteiger partial charge in [0.15, 0.2) is 0 Å². The van der Waals surface area contributed by atoms with E-state index in [-0.39, 0.29) is 0 Å². The fourth-order valence-electron chi connectivity index (χ4n) is 8.93. The number of nitrogens with zero attached hydrogens (tertiary/aromatic N) is 6. The van der Waals surface area contributed by atoms with Crippen LogP contribution in [-0.2, 0) is 0 Å². The minimum absolute atomic E-state index is 0.524. The highest BCUT2D eigenvalue weighted by atomic mass is 15.0. The third kappa shape index (κ3) is 4.68. The van der Waals surface area contributed by atoms with E-state index in [0.29, 0.717) is 16.7 Å². The van der Waals surface area contributed by atoms with Crippen LogP contribution >= 0.6 is 0 Å². The smallest absolute Gasteiger partial charge is 0.101 e. The Morgan fingerprint density at radius 2 is 0.842 bits per heavy atom. The Morgan fingerprint density at radius 1 is 0.333 bits per heavy atom. The highest BCUT2D eigenvalue weighted by Crippen LogP contribution is 2.41. The Morgan fingerprint density at radius 3 is 1.46 bits per heavy atom. The predicted molar refractivity (Wildman–Crippen MR) is 229 cm³/mol. The summed E-state index contributed by atoms with van der Waals surface area (Å²) in [5, 5.41) is 37.4. The van der Waals surface area contributed by atoms with Crippen molar-refractivity contribution >= 4 is 65.4 Å². The zero-order valence-corrected chi connectivity index (χ0v) is 30.3. The monoisotopic (exact) mass is 724 g/mol. The maximum absolute atomic E-state index is 10.7. The molecule has 0 amide bonds. The molecule has 0 fully saturated rings. The number of aromatic nitrogens is 3. The van der Waals surface area contributed by atoms with E-state index in [1.165, 1.54) is 0 Å². The minimum atomic E-state index is 0.524. The number of rotatable bonds is 4. The molecule has 0 spiro atoms. The molecule has 57 heavy (non-hydrogen) atoms. The third-order valence-electron chi connectivity index (χ3n) is 11.3. The van der Waals surface area contributed by atoms with Crippen LogP contribution < -0.4 is 0 Å². The van der Waals surface area contributed by atoms with Gasteiger partial charge in [0.05, 0.1) is 67.6 Å². The number of fused-ring (bicyclic) bond motifs is 9. The van der Waals surface area contributed by atoms with E-state index in [0.717, 1.165) is 93.6 Å². The first-order chi connectivity index (χ1) is 28.1. The van der Waals surface area contributed by atoms with Crippen LogP contribution in [0.1, 0.15) is 16.7 Å². The molecule has 0 bridgehead atoms. The van der Waals surface area contributed by atoms with Crippen LogP contribution in [0.4, 0.5) is 0 Å². The second-order valence-corrected chi connectivity index (χ2v) is 14.3. The summed E-state index contributed by atoms with van der Waals surface area (Å²) in [5.41, 5.74) is 12.1. The molecule has 6 nitrogen and oxygen atoms in total. The molecule has 0 aliphatic carbocycles. The van der Waals surface area contributed by atoms with E-state index < -0.39 is 0 Å². The normalized spacial score (nSPS) is 11.5. The fraction of sp³-hybridized carbons (Fsp3) is 0. The predicted octanol–water partition coefficient (Wildman–Crippen LogP) is 12.3. The van der Waals surface area contributed by atoms with Crippen molar-refractivity contribution in [1.82, 2.24) is 13.7 Å². The summed E-state index contributed by atoms with van der Waals surface area (Å²) < 4.78 is 6.68. The molecule has 262 valence electrons. The first-order valence-electron chi connectivity index (χ1n) is 18.7. The van der Waals surface area contributed by atoms with Gasteiger partial charge in [-0.05, 0) is 90.5 Å². The number of hydrogen-bond acceptors (Lipinski definition) is 3. The largest absolute Gasteiger partial charge is 0.309 e. The molecular formula is C51H28N6. The van der Waals surface area contributed by atoms with Crippen LogP contribution in [0.3, 0.4) is 0 Å². The summed E-state index contributed by atoms with van der Waals surface area (Å²) in [6.45, 7) is 0. The van der Waals surface area contributed by atoms with Gasteiger partial charge >= 0.3 is 0 Å². The highest BCUT2D eigenvalue weighted by molar-refractivity contribution is 6.13. The van der Waals surface area contributed by atoms with Crippen molar-refractivity contribution in [2.24, 2.45) is 0 Å². The highest BCUT2D eigenvalue weighted by Gasteiger charge is 2.22. The van der Waals surface area contributed by atoms with E-state index in [1.807, 2.05) is 84.9 Å². The number of para-hydroxylation sites is 5. The van der Waals surface area contributed by atoms with Crippen LogP contribution in [0.2, 0.25) is 0 Å². The van der Waals surface area contributed by atoms with Crippen molar-refractivity contribution in [2.75, 3.05) is 0 Å². The van der Waals surface area contributed by atoms with Crippen LogP contribution in [0.15, 0.2) is 170 Å². The van der Waals surface area contributed by atoms with Crippen LogP contribution in [-0.4, -0.2) is 13.7 Å². The van der Waals surface area contributed by atoms with Crippen molar-refractivity contribution < 1.29 is 0 Å². The van der Waals surface area contributed by atoms with Crippen molar-refractivity contribution in [1.29, 1.82) is 15.8 Å². The van der Waals surface area contributed by atoms with Gasteiger partial charge in [-0.25, -0.2) is 0 Å². The van der Waals surface area contributed by atoms with E-state index in [1.54, 1.807) is 0 Å². The van der Waals surface area contributed by atoms with Gasteiger partial charge in [-0.1, -0.05) is 84.9 Å². The summed E-state index contributed by atoms with van der Waals surface area (Å²) in [6.07, 6.45) is 0. The average Bonchev–Trinajstić information content (AvgIpc) is 3.91. The van der Waals surface area contributed by atoms with Crippen LogP contribution in [0.25, 0.3) is 93.6 Å². The summed E-state index contributed by atoms with van der Waals surface area (Å²) in [5.74, 6) is 0. The number of hydrogen-bond donors (Lipinski definition) is 0. The Bertz CT molecular complexity index is 3580. The van der Waals surface area contributed by atoms with E-state index in [9.17, 15) is 15.8 Å². The van der Waals surface area contributed by atoms with Crippen LogP contribution in [0, 0.1) is 34.0 Å². The molecule has 3 aromatic heterocycles. The first kappa shape index (κ1) is 32.1. The summed E-state index contributed by atoms with van der Waals surface area (Å²) in [7, 11) is 0. The molecule has 0 aliphatic rings. The van der Waals surface area contributed by atoms with Gasteiger partial charge in [0, 0.05) is 49.3 Å². The van der Waals surface area contributed by atoms with Gasteiger partial charge < -0.3 is 13.7 Å². The third-order valence-corrected chi connectivity index (χ3v) is 11.3. The summed E-state index contributed by atoms with van der Waals surface area (Å²) in [6, 6.07) is 64.7. The van der Waals surface area contributed by atoms with Crippen molar-refractivity contribution in [3.8, 4) is 46.4 Å². The Labute approximate surface area is 326 Å². The molecule has 11 rings (SSSR count). The van der Waals surface area contributed by atoms with Crippen LogP contribution in [0.5, 0.6) is 0 Å². The second-order valence-electron chi connectivity index (χ2n) is 14.3. The molecule has 3 heterocycles. The first-order valence-corrected chi connectivity index (χ1v) is 18.7. The summed E-state index contributed by atoms with van der Waals surface area (Å²) in [4.78, 5) is 0. The lowest BCUT2D eigenvalue weighted by molar-refractivity contribution is 1.15. The molecular weight excluding hydrogens is 697 g/mol. The molecule has 6 heteroatoms. The minimum Gasteiger partial charge on any atom is -0.309 e. The zero-order chi connectivity index (χ0) is 38.2. The molecule has 0 saturated heterocycles. The molecule has 8 aromatic carbocycles. The lowest BCUT2D eigenvalue weighted by Gasteiger charge is -2.17. The maximum Gasteiger partial charge on any atom is 0.101 e. The molecule has 0 aliphatic heterocycles. The van der Waals surface area contributed by atoms with Gasteiger partial charge in [0.1, 0.15) is 6.07 Å². The Hall–Kier alpha value is -8.37. The van der Waals surface area contributed by atoms with Gasteiger partial charge in [0.25, 0.3) is 0 Å². The molecule has 11 aromatic rings. The Balaban J connectivity index is 1.17. The molecule has 0 saturated carbocycles. The lowest BCUT2D eigenvalue weighted by Crippen LogP contribution is -2.02. The molecule has 0 radical (unpaired) electrons. The van der Waals surface area contributed by atoms with Crippen molar-refractivity contribution in [3.05, 3.63) is 187 Å². The number of benzene rings is 8. The van der Waals surface area contributed by atoms with E-state index in [2.05, 4.69) is 117 Å². The molecule has 0 N–H and O–H groups in total. The second kappa shape index (κ2) is 12.3. The SMILES string of the molecule is N#Cc1cc(-c2cccc(C#N)c2-n2c3ccccc3c3cc(-n4c5ccccc5c5cc(C#N)ccc54)ccc32)cc(-n2c3ccccc3c3ccccc32)c1.